The van der Waals surface area contributed by atoms with E-state index in [1.165, 1.54) is 0 Å². The Kier molecular flexibility index (Phi) is 3.91. The molecule has 3 rings (SSSR count). The molecule has 2 amide bonds. The minimum Gasteiger partial charge on any atom is -0.501 e. The van der Waals surface area contributed by atoms with Crippen LogP contribution in [0.2, 0.25) is 0 Å². The van der Waals surface area contributed by atoms with Crippen LogP contribution in [0.3, 0.4) is 0 Å². The normalized spacial score (nSPS) is 18.9. The number of nitrogens with one attached hydrogen (secondary N) is 1. The van der Waals surface area contributed by atoms with Crippen LogP contribution in [0.15, 0.2) is 30.7 Å². The number of carbonyl (C=O) groups excluding carboxylic acids is 2. The number of piperidine rings is 1. The number of amides is 2. The third kappa shape index (κ3) is 2.72. The smallest absolute Gasteiger partial charge is 0.251 e. The molecule has 1 unspecified atom stereocenters. The summed E-state index contributed by atoms with van der Waals surface area (Å²) < 4.78 is 6.88. The van der Waals surface area contributed by atoms with Gasteiger partial charge in [-0.25, -0.2) is 0 Å². The minimum absolute atomic E-state index is 0.221. The van der Waals surface area contributed by atoms with E-state index >= 15 is 0 Å². The van der Waals surface area contributed by atoms with Gasteiger partial charge in [0.1, 0.15) is 6.04 Å². The standard InChI is InChI=1S/C16H17N3O3/c1-2-22-8-7-11-3-4-13-12(9-11)10-17-19(13)14-5-6-15(20)18-16(14)21/h3-4,7-10,14H,2,5-6H2,1H3,(H,18,20,21)/b8-7+. The van der Waals surface area contributed by atoms with E-state index in [4.69, 9.17) is 4.74 Å². The number of hydrogen-bond acceptors (Lipinski definition) is 4. The van der Waals surface area contributed by atoms with E-state index in [1.54, 1.807) is 17.1 Å². The summed E-state index contributed by atoms with van der Waals surface area (Å²) in [6.45, 7) is 2.56. The van der Waals surface area contributed by atoms with Crippen molar-refractivity contribution in [3.05, 3.63) is 36.2 Å². The first-order valence-corrected chi connectivity index (χ1v) is 7.28. The van der Waals surface area contributed by atoms with Gasteiger partial charge < -0.3 is 4.74 Å². The molecule has 1 fully saturated rings. The van der Waals surface area contributed by atoms with Crippen molar-refractivity contribution in [2.75, 3.05) is 6.61 Å². The molecule has 1 aromatic carbocycles. The lowest BCUT2D eigenvalue weighted by Crippen LogP contribution is -2.41. The molecular formula is C16H17N3O3. The van der Waals surface area contributed by atoms with Crippen LogP contribution < -0.4 is 5.32 Å². The van der Waals surface area contributed by atoms with Crippen LogP contribution in [0, 0.1) is 0 Å². The fourth-order valence-electron chi connectivity index (χ4n) is 2.56. The first-order valence-electron chi connectivity index (χ1n) is 7.28. The number of carbonyl (C=O) groups is 2. The van der Waals surface area contributed by atoms with Crippen LogP contribution in [0.1, 0.15) is 31.4 Å². The quantitative estimate of drug-likeness (QED) is 0.692. The van der Waals surface area contributed by atoms with Gasteiger partial charge in [-0.3, -0.25) is 19.6 Å². The van der Waals surface area contributed by atoms with Gasteiger partial charge in [0.2, 0.25) is 5.91 Å². The van der Waals surface area contributed by atoms with Crippen molar-refractivity contribution < 1.29 is 14.3 Å². The highest BCUT2D eigenvalue weighted by Crippen LogP contribution is 2.24. The van der Waals surface area contributed by atoms with Crippen molar-refractivity contribution in [3.8, 4) is 0 Å². The molecule has 114 valence electrons. The zero-order chi connectivity index (χ0) is 15.5. The Balaban J connectivity index is 1.89. The largest absolute Gasteiger partial charge is 0.501 e. The van der Waals surface area contributed by atoms with Crippen molar-refractivity contribution in [2.45, 2.75) is 25.8 Å². The Morgan fingerprint density at radius 3 is 3.09 bits per heavy atom. The number of ether oxygens (including phenoxy) is 1. The first-order chi connectivity index (χ1) is 10.7. The molecule has 1 aliphatic rings. The maximum atomic E-state index is 12.0. The summed E-state index contributed by atoms with van der Waals surface area (Å²) in [5, 5.41) is 7.63. The van der Waals surface area contributed by atoms with Gasteiger partial charge in [-0.1, -0.05) is 6.07 Å². The maximum absolute atomic E-state index is 12.0. The van der Waals surface area contributed by atoms with Crippen molar-refractivity contribution >= 4 is 28.8 Å². The Labute approximate surface area is 127 Å². The van der Waals surface area contributed by atoms with Crippen LogP contribution in [0.5, 0.6) is 0 Å². The summed E-state index contributed by atoms with van der Waals surface area (Å²) in [7, 11) is 0. The van der Waals surface area contributed by atoms with Gasteiger partial charge in [-0.2, -0.15) is 5.10 Å². The van der Waals surface area contributed by atoms with Crippen molar-refractivity contribution in [1.29, 1.82) is 0 Å². The lowest BCUT2D eigenvalue weighted by Gasteiger charge is -2.21. The Hall–Kier alpha value is -2.63. The van der Waals surface area contributed by atoms with Crippen molar-refractivity contribution in [1.82, 2.24) is 15.1 Å². The number of fused-ring (bicyclic) bond motifs is 1. The molecule has 0 bridgehead atoms. The maximum Gasteiger partial charge on any atom is 0.251 e. The highest BCUT2D eigenvalue weighted by Gasteiger charge is 2.29. The summed E-state index contributed by atoms with van der Waals surface area (Å²) in [5.74, 6) is -0.511. The summed E-state index contributed by atoms with van der Waals surface area (Å²) in [5.41, 5.74) is 1.88. The fourth-order valence-corrected chi connectivity index (χ4v) is 2.56. The van der Waals surface area contributed by atoms with Gasteiger partial charge in [-0.05, 0) is 37.1 Å². The van der Waals surface area contributed by atoms with E-state index in [-0.39, 0.29) is 11.8 Å². The Bertz CT molecular complexity index is 748. The van der Waals surface area contributed by atoms with Crippen LogP contribution in [0.25, 0.3) is 17.0 Å². The fraction of sp³-hybridized carbons (Fsp3) is 0.312. The average Bonchev–Trinajstić information content (AvgIpc) is 2.91. The number of hydrogen-bond donors (Lipinski definition) is 1. The van der Waals surface area contributed by atoms with Crippen LogP contribution in [-0.4, -0.2) is 28.2 Å². The van der Waals surface area contributed by atoms with Gasteiger partial charge >= 0.3 is 0 Å². The predicted molar refractivity (Wildman–Crippen MR) is 81.8 cm³/mol. The molecule has 6 heteroatoms. The first kappa shape index (κ1) is 14.3. The molecule has 0 spiro atoms. The number of rotatable bonds is 4. The van der Waals surface area contributed by atoms with Gasteiger partial charge in [-0.15, -0.1) is 0 Å². The molecular weight excluding hydrogens is 282 g/mol. The Morgan fingerprint density at radius 2 is 2.32 bits per heavy atom. The topological polar surface area (TPSA) is 73.2 Å². The molecule has 2 aromatic rings. The van der Waals surface area contributed by atoms with E-state index in [2.05, 4.69) is 10.4 Å². The van der Waals surface area contributed by atoms with E-state index < -0.39 is 6.04 Å². The van der Waals surface area contributed by atoms with Gasteiger partial charge in [0.15, 0.2) is 0 Å². The van der Waals surface area contributed by atoms with Gasteiger partial charge in [0.05, 0.1) is 24.6 Å². The molecule has 2 heterocycles. The average molecular weight is 299 g/mol. The molecule has 6 nitrogen and oxygen atoms in total. The Morgan fingerprint density at radius 1 is 1.45 bits per heavy atom. The molecule has 1 N–H and O–H groups in total. The molecule has 0 radical (unpaired) electrons. The predicted octanol–water partition coefficient (Wildman–Crippen LogP) is 2.02. The SMILES string of the molecule is CCO/C=C/c1ccc2c(cnn2C2CCC(=O)NC2=O)c1. The highest BCUT2D eigenvalue weighted by atomic mass is 16.5. The number of imide groups is 1. The third-order valence-corrected chi connectivity index (χ3v) is 3.65. The zero-order valence-corrected chi connectivity index (χ0v) is 12.3. The molecule has 22 heavy (non-hydrogen) atoms. The van der Waals surface area contributed by atoms with E-state index in [0.717, 1.165) is 16.5 Å². The molecule has 1 aliphatic heterocycles. The second-order valence-electron chi connectivity index (χ2n) is 5.13. The van der Waals surface area contributed by atoms with E-state index in [9.17, 15) is 9.59 Å². The van der Waals surface area contributed by atoms with Gasteiger partial charge in [0, 0.05) is 11.8 Å². The van der Waals surface area contributed by atoms with Crippen LogP contribution in [-0.2, 0) is 14.3 Å². The number of aromatic nitrogens is 2. The minimum atomic E-state index is -0.431. The summed E-state index contributed by atoms with van der Waals surface area (Å²) in [4.78, 5) is 23.2. The van der Waals surface area contributed by atoms with Gasteiger partial charge in [0.25, 0.3) is 5.91 Å². The summed E-state index contributed by atoms with van der Waals surface area (Å²) >= 11 is 0. The van der Waals surface area contributed by atoms with Crippen LogP contribution in [0.4, 0.5) is 0 Å². The third-order valence-electron chi connectivity index (χ3n) is 3.65. The number of benzene rings is 1. The molecule has 0 saturated carbocycles. The molecule has 0 aliphatic carbocycles. The van der Waals surface area contributed by atoms with E-state index in [1.807, 2.05) is 31.2 Å². The second-order valence-corrected chi connectivity index (χ2v) is 5.13. The summed E-state index contributed by atoms with van der Waals surface area (Å²) in [6.07, 6.45) is 6.09. The van der Waals surface area contributed by atoms with Crippen molar-refractivity contribution in [3.63, 3.8) is 0 Å². The lowest BCUT2D eigenvalue weighted by atomic mass is 10.1. The van der Waals surface area contributed by atoms with Crippen LogP contribution >= 0.6 is 0 Å². The summed E-state index contributed by atoms with van der Waals surface area (Å²) in [6, 6.07) is 5.43. The monoisotopic (exact) mass is 299 g/mol. The van der Waals surface area contributed by atoms with E-state index in [0.29, 0.717) is 19.4 Å². The zero-order valence-electron chi connectivity index (χ0n) is 12.3. The molecule has 1 saturated heterocycles. The molecule has 1 aromatic heterocycles. The number of nitrogens with zero attached hydrogens (tertiary/aromatic N) is 2. The lowest BCUT2D eigenvalue weighted by molar-refractivity contribution is -0.135. The molecule has 1 atom stereocenters. The second kappa shape index (κ2) is 6.01. The van der Waals surface area contributed by atoms with Crippen molar-refractivity contribution in [2.24, 2.45) is 0 Å². The highest BCUT2D eigenvalue weighted by molar-refractivity contribution is 6.00.